The number of aryl methyl sites for hydroxylation is 1. The summed E-state index contributed by atoms with van der Waals surface area (Å²) in [6.45, 7) is 0. The molecule has 3 rings (SSSR count). The SMILES string of the molecule is O=C[C@H]1[C@@H]2CCc3ccccc3[C@H]12. The smallest absolute Gasteiger partial charge is 0.123 e. The van der Waals surface area contributed by atoms with Gasteiger partial charge in [0.25, 0.3) is 0 Å². The molecule has 0 aromatic heterocycles. The summed E-state index contributed by atoms with van der Waals surface area (Å²) in [7, 11) is 0. The van der Waals surface area contributed by atoms with Crippen molar-refractivity contribution in [2.75, 3.05) is 0 Å². The van der Waals surface area contributed by atoms with Crippen LogP contribution in [0.2, 0.25) is 0 Å². The third kappa shape index (κ3) is 0.902. The van der Waals surface area contributed by atoms with Crippen molar-refractivity contribution in [3.8, 4) is 0 Å². The molecule has 0 unspecified atom stereocenters. The van der Waals surface area contributed by atoms with Crippen LogP contribution in [-0.2, 0) is 11.2 Å². The molecule has 0 saturated heterocycles. The maximum atomic E-state index is 10.7. The van der Waals surface area contributed by atoms with Crippen molar-refractivity contribution in [2.45, 2.75) is 18.8 Å². The molecule has 0 aliphatic heterocycles. The second-order valence-electron chi connectivity index (χ2n) is 4.14. The zero-order valence-corrected chi connectivity index (χ0v) is 7.44. The summed E-state index contributed by atoms with van der Waals surface area (Å²) in [6, 6.07) is 8.57. The first-order chi connectivity index (χ1) is 6.42. The van der Waals surface area contributed by atoms with Crippen molar-refractivity contribution < 1.29 is 4.79 Å². The summed E-state index contributed by atoms with van der Waals surface area (Å²) >= 11 is 0. The molecular weight excluding hydrogens is 160 g/mol. The quantitative estimate of drug-likeness (QED) is 0.593. The Morgan fingerprint density at radius 3 is 3.00 bits per heavy atom. The van der Waals surface area contributed by atoms with Gasteiger partial charge in [0.05, 0.1) is 0 Å². The Labute approximate surface area is 77.8 Å². The number of carbonyl (C=O) groups is 1. The van der Waals surface area contributed by atoms with Crippen molar-refractivity contribution in [1.29, 1.82) is 0 Å². The summed E-state index contributed by atoms with van der Waals surface area (Å²) in [5, 5.41) is 0. The summed E-state index contributed by atoms with van der Waals surface area (Å²) in [5.41, 5.74) is 2.91. The van der Waals surface area contributed by atoms with Crippen molar-refractivity contribution in [1.82, 2.24) is 0 Å². The van der Waals surface area contributed by atoms with E-state index in [-0.39, 0.29) is 0 Å². The van der Waals surface area contributed by atoms with Crippen LogP contribution in [0.1, 0.15) is 23.5 Å². The van der Waals surface area contributed by atoms with Crippen LogP contribution in [0.25, 0.3) is 0 Å². The molecule has 0 spiro atoms. The van der Waals surface area contributed by atoms with Gasteiger partial charge in [-0.25, -0.2) is 0 Å². The van der Waals surface area contributed by atoms with Crippen molar-refractivity contribution in [2.24, 2.45) is 11.8 Å². The van der Waals surface area contributed by atoms with Gasteiger partial charge in [-0.3, -0.25) is 0 Å². The molecule has 1 heteroatoms. The lowest BCUT2D eigenvalue weighted by Gasteiger charge is -2.13. The number of hydrogen-bond donors (Lipinski definition) is 0. The van der Waals surface area contributed by atoms with Crippen LogP contribution in [0.4, 0.5) is 0 Å². The second-order valence-corrected chi connectivity index (χ2v) is 4.14. The molecule has 3 atom stereocenters. The van der Waals surface area contributed by atoms with E-state index in [0.717, 1.165) is 6.29 Å². The number of carbonyl (C=O) groups excluding carboxylic acids is 1. The predicted octanol–water partition coefficient (Wildman–Crippen LogP) is 2.16. The van der Waals surface area contributed by atoms with Crippen LogP contribution < -0.4 is 0 Å². The predicted molar refractivity (Wildman–Crippen MR) is 50.5 cm³/mol. The number of rotatable bonds is 1. The van der Waals surface area contributed by atoms with E-state index in [0.29, 0.717) is 17.8 Å². The standard InChI is InChI=1S/C12H12O/c13-7-11-10-6-5-8-3-1-2-4-9(8)12(10)11/h1-4,7,10-12H,5-6H2/t10-,11-,12-/m0/s1. The summed E-state index contributed by atoms with van der Waals surface area (Å²) in [6.07, 6.45) is 3.53. The molecule has 13 heavy (non-hydrogen) atoms. The first-order valence-electron chi connectivity index (χ1n) is 4.95. The van der Waals surface area contributed by atoms with Gasteiger partial charge in [-0.1, -0.05) is 24.3 Å². The first kappa shape index (κ1) is 7.31. The highest BCUT2D eigenvalue weighted by molar-refractivity contribution is 5.64. The van der Waals surface area contributed by atoms with Gasteiger partial charge in [0.2, 0.25) is 0 Å². The highest BCUT2D eigenvalue weighted by Gasteiger charge is 2.52. The highest BCUT2D eigenvalue weighted by Crippen LogP contribution is 2.58. The number of benzene rings is 1. The van der Waals surface area contributed by atoms with Gasteiger partial charge in [-0.05, 0) is 35.8 Å². The van der Waals surface area contributed by atoms with E-state index in [4.69, 9.17) is 0 Å². The van der Waals surface area contributed by atoms with E-state index in [1.54, 1.807) is 0 Å². The molecule has 0 heterocycles. The molecule has 1 aromatic carbocycles. The van der Waals surface area contributed by atoms with E-state index in [1.807, 2.05) is 0 Å². The van der Waals surface area contributed by atoms with E-state index < -0.39 is 0 Å². The third-order valence-electron chi connectivity index (χ3n) is 3.55. The zero-order valence-electron chi connectivity index (χ0n) is 7.44. The fraction of sp³-hybridized carbons (Fsp3) is 0.417. The van der Waals surface area contributed by atoms with Crippen LogP contribution in [0.5, 0.6) is 0 Å². The Bertz CT molecular complexity index is 356. The minimum absolute atomic E-state index is 0.337. The fourth-order valence-corrected chi connectivity index (χ4v) is 2.81. The molecular formula is C12H12O. The molecule has 2 aliphatic rings. The fourth-order valence-electron chi connectivity index (χ4n) is 2.81. The highest BCUT2D eigenvalue weighted by atomic mass is 16.1. The molecule has 1 aromatic rings. The van der Waals surface area contributed by atoms with E-state index in [1.165, 1.54) is 24.0 Å². The molecule has 0 amide bonds. The zero-order chi connectivity index (χ0) is 8.84. The molecule has 66 valence electrons. The molecule has 0 bridgehead atoms. The minimum Gasteiger partial charge on any atom is -0.303 e. The van der Waals surface area contributed by atoms with Gasteiger partial charge >= 0.3 is 0 Å². The van der Waals surface area contributed by atoms with Crippen molar-refractivity contribution >= 4 is 6.29 Å². The summed E-state index contributed by atoms with van der Waals surface area (Å²) in [5.74, 6) is 1.58. The minimum atomic E-state index is 0.337. The maximum Gasteiger partial charge on any atom is 0.123 e. The Morgan fingerprint density at radius 2 is 2.15 bits per heavy atom. The van der Waals surface area contributed by atoms with Crippen LogP contribution in [0.3, 0.4) is 0 Å². The van der Waals surface area contributed by atoms with Crippen LogP contribution in [0, 0.1) is 11.8 Å². The monoisotopic (exact) mass is 172 g/mol. The summed E-state index contributed by atoms with van der Waals surface area (Å²) < 4.78 is 0. The Balaban J connectivity index is 2.05. The van der Waals surface area contributed by atoms with Crippen LogP contribution in [-0.4, -0.2) is 6.29 Å². The topological polar surface area (TPSA) is 17.1 Å². The van der Waals surface area contributed by atoms with E-state index >= 15 is 0 Å². The molecule has 1 nitrogen and oxygen atoms in total. The lowest BCUT2D eigenvalue weighted by atomic mass is 9.92. The van der Waals surface area contributed by atoms with Crippen molar-refractivity contribution in [3.05, 3.63) is 35.4 Å². The lowest BCUT2D eigenvalue weighted by Crippen LogP contribution is -2.00. The largest absolute Gasteiger partial charge is 0.303 e. The first-order valence-corrected chi connectivity index (χ1v) is 4.95. The number of aldehydes is 1. The molecule has 0 N–H and O–H groups in total. The van der Waals surface area contributed by atoms with Crippen LogP contribution in [0.15, 0.2) is 24.3 Å². The van der Waals surface area contributed by atoms with Gasteiger partial charge < -0.3 is 4.79 Å². The Hall–Kier alpha value is -1.11. The maximum absolute atomic E-state index is 10.7. The Morgan fingerprint density at radius 1 is 1.31 bits per heavy atom. The lowest BCUT2D eigenvalue weighted by molar-refractivity contribution is -0.109. The van der Waals surface area contributed by atoms with Gasteiger partial charge in [0.15, 0.2) is 0 Å². The third-order valence-corrected chi connectivity index (χ3v) is 3.55. The molecule has 1 saturated carbocycles. The normalized spacial score (nSPS) is 34.6. The van der Waals surface area contributed by atoms with E-state index in [9.17, 15) is 4.79 Å². The van der Waals surface area contributed by atoms with E-state index in [2.05, 4.69) is 24.3 Å². The molecule has 2 aliphatic carbocycles. The van der Waals surface area contributed by atoms with Gasteiger partial charge in [-0.2, -0.15) is 0 Å². The van der Waals surface area contributed by atoms with Crippen LogP contribution >= 0.6 is 0 Å². The number of fused-ring (bicyclic) bond motifs is 3. The summed E-state index contributed by atoms with van der Waals surface area (Å²) in [4.78, 5) is 10.7. The number of hydrogen-bond acceptors (Lipinski definition) is 1. The molecule has 0 radical (unpaired) electrons. The van der Waals surface area contributed by atoms with Gasteiger partial charge in [0, 0.05) is 5.92 Å². The van der Waals surface area contributed by atoms with Gasteiger partial charge in [0.1, 0.15) is 6.29 Å². The van der Waals surface area contributed by atoms with Gasteiger partial charge in [-0.15, -0.1) is 0 Å². The van der Waals surface area contributed by atoms with Crippen molar-refractivity contribution in [3.63, 3.8) is 0 Å². The molecule has 1 fully saturated rings. The average Bonchev–Trinajstić information content (AvgIpc) is 2.91. The second kappa shape index (κ2) is 2.44. The Kier molecular flexibility index (Phi) is 1.37. The average molecular weight is 172 g/mol.